The van der Waals surface area contributed by atoms with Gasteiger partial charge < -0.3 is 0 Å². The van der Waals surface area contributed by atoms with E-state index in [2.05, 4.69) is 5.43 Å². The van der Waals surface area contributed by atoms with Gasteiger partial charge in [0.1, 0.15) is 0 Å². The van der Waals surface area contributed by atoms with Gasteiger partial charge in [-0.2, -0.15) is 0 Å². The van der Waals surface area contributed by atoms with Gasteiger partial charge in [-0.1, -0.05) is 0 Å². The summed E-state index contributed by atoms with van der Waals surface area (Å²) in [6.45, 7) is 0. The first-order valence-corrected chi connectivity index (χ1v) is 9.90. The third-order valence-corrected chi connectivity index (χ3v) is 6.31. The van der Waals surface area contributed by atoms with Crippen LogP contribution in [0.25, 0.3) is 0 Å². The summed E-state index contributed by atoms with van der Waals surface area (Å²) in [4.78, 5) is 25.3. The molecule has 0 saturated heterocycles. The van der Waals surface area contributed by atoms with Gasteiger partial charge >= 0.3 is 0 Å². The monoisotopic (exact) mass is 381 g/mol. The zero-order chi connectivity index (χ0) is 18.0. The van der Waals surface area contributed by atoms with E-state index in [1.54, 1.807) is 5.38 Å². The van der Waals surface area contributed by atoms with Crippen molar-refractivity contribution in [2.75, 3.05) is 0 Å². The van der Waals surface area contributed by atoms with Crippen molar-refractivity contribution in [3.05, 3.63) is 55.8 Å². The van der Waals surface area contributed by atoms with Crippen LogP contribution in [0, 0.1) is 10.1 Å². The van der Waals surface area contributed by atoms with Crippen LogP contribution < -0.4 is 10.3 Å². The predicted molar refractivity (Wildman–Crippen MR) is 91.8 cm³/mol. The van der Waals surface area contributed by atoms with E-state index in [4.69, 9.17) is 0 Å². The van der Waals surface area contributed by atoms with Crippen LogP contribution >= 0.6 is 11.3 Å². The van der Waals surface area contributed by atoms with Gasteiger partial charge in [-0.25, -0.2) is 8.42 Å². The SMILES string of the molecule is O=C(NNS(=O)(=O)c1ccc([N+](=O)[O-])cc1)c1csc2c1CCCC2. The summed E-state index contributed by atoms with van der Waals surface area (Å²) in [6, 6.07) is 4.40. The van der Waals surface area contributed by atoms with Gasteiger partial charge in [0.25, 0.3) is 21.6 Å². The summed E-state index contributed by atoms with van der Waals surface area (Å²) in [5.41, 5.74) is 3.47. The minimum Gasteiger partial charge on any atom is -0.273 e. The van der Waals surface area contributed by atoms with Gasteiger partial charge in [0, 0.05) is 22.4 Å². The molecule has 0 aliphatic heterocycles. The first-order chi connectivity index (χ1) is 11.9. The number of hydrogen-bond acceptors (Lipinski definition) is 6. The Hall–Kier alpha value is -2.30. The Morgan fingerprint density at radius 2 is 1.84 bits per heavy atom. The van der Waals surface area contributed by atoms with Gasteiger partial charge in [-0.3, -0.25) is 20.3 Å². The Bertz CT molecular complexity index is 919. The maximum atomic E-state index is 12.3. The molecule has 25 heavy (non-hydrogen) atoms. The van der Waals surface area contributed by atoms with Crippen LogP contribution in [0.15, 0.2) is 34.5 Å². The maximum absolute atomic E-state index is 12.3. The van der Waals surface area contributed by atoms with Gasteiger partial charge in [-0.15, -0.1) is 16.2 Å². The average Bonchev–Trinajstić information content (AvgIpc) is 3.04. The molecule has 1 aliphatic carbocycles. The van der Waals surface area contributed by atoms with Crippen LogP contribution in [0.4, 0.5) is 5.69 Å². The normalized spacial score (nSPS) is 13.9. The molecule has 0 bridgehead atoms. The molecule has 0 spiro atoms. The molecule has 10 heteroatoms. The van der Waals surface area contributed by atoms with E-state index in [9.17, 15) is 23.3 Å². The van der Waals surface area contributed by atoms with E-state index in [0.717, 1.165) is 55.5 Å². The maximum Gasteiger partial charge on any atom is 0.269 e. The van der Waals surface area contributed by atoms with E-state index in [1.165, 1.54) is 16.2 Å². The highest BCUT2D eigenvalue weighted by atomic mass is 32.2. The second kappa shape index (κ2) is 6.90. The summed E-state index contributed by atoms with van der Waals surface area (Å²) in [6.07, 6.45) is 3.87. The molecule has 1 aromatic heterocycles. The Labute approximate surface area is 148 Å². The van der Waals surface area contributed by atoms with E-state index in [-0.39, 0.29) is 10.6 Å². The molecule has 0 fully saturated rings. The highest BCUT2D eigenvalue weighted by molar-refractivity contribution is 7.89. The third kappa shape index (κ3) is 3.70. The van der Waals surface area contributed by atoms with Crippen molar-refractivity contribution in [1.82, 2.24) is 10.3 Å². The zero-order valence-electron chi connectivity index (χ0n) is 13.0. The number of nitro benzene ring substituents is 1. The van der Waals surface area contributed by atoms with Gasteiger partial charge in [0.2, 0.25) is 0 Å². The summed E-state index contributed by atoms with van der Waals surface area (Å²) >= 11 is 1.51. The summed E-state index contributed by atoms with van der Waals surface area (Å²) in [5.74, 6) is -0.509. The number of carbonyl (C=O) groups excluding carboxylic acids is 1. The number of sulfonamides is 1. The first kappa shape index (κ1) is 17.5. The molecule has 1 heterocycles. The number of thiophene rings is 1. The molecule has 3 rings (SSSR count). The molecule has 1 aromatic carbocycles. The Kier molecular flexibility index (Phi) is 4.84. The number of nitrogens with zero attached hydrogens (tertiary/aromatic N) is 1. The Balaban J connectivity index is 1.70. The topological polar surface area (TPSA) is 118 Å². The molecule has 0 unspecified atom stereocenters. The minimum atomic E-state index is -4.01. The smallest absolute Gasteiger partial charge is 0.269 e. The van der Waals surface area contributed by atoms with Crippen molar-refractivity contribution in [1.29, 1.82) is 0 Å². The fourth-order valence-electron chi connectivity index (χ4n) is 2.67. The van der Waals surface area contributed by atoms with Gasteiger partial charge in [0.15, 0.2) is 0 Å². The van der Waals surface area contributed by atoms with Gasteiger partial charge in [0.05, 0.1) is 15.4 Å². The van der Waals surface area contributed by atoms with Crippen molar-refractivity contribution < 1.29 is 18.1 Å². The summed E-state index contributed by atoms with van der Waals surface area (Å²) in [5, 5.41) is 12.4. The molecule has 1 aliphatic rings. The first-order valence-electron chi connectivity index (χ1n) is 7.54. The molecule has 0 saturated carbocycles. The average molecular weight is 381 g/mol. The van der Waals surface area contributed by atoms with Crippen LogP contribution in [0.1, 0.15) is 33.6 Å². The second-order valence-corrected chi connectivity index (χ2v) is 8.22. The lowest BCUT2D eigenvalue weighted by atomic mass is 9.96. The molecule has 0 radical (unpaired) electrons. The highest BCUT2D eigenvalue weighted by Gasteiger charge is 2.22. The Morgan fingerprint density at radius 3 is 2.52 bits per heavy atom. The second-order valence-electron chi connectivity index (χ2n) is 5.57. The lowest BCUT2D eigenvalue weighted by molar-refractivity contribution is -0.384. The van der Waals surface area contributed by atoms with E-state index >= 15 is 0 Å². The number of non-ortho nitro benzene ring substituents is 1. The van der Waals surface area contributed by atoms with Crippen LogP contribution in [-0.4, -0.2) is 19.2 Å². The minimum absolute atomic E-state index is 0.175. The lowest BCUT2D eigenvalue weighted by Crippen LogP contribution is -2.41. The van der Waals surface area contributed by atoms with E-state index in [1.807, 2.05) is 4.83 Å². The van der Waals surface area contributed by atoms with E-state index < -0.39 is 20.9 Å². The summed E-state index contributed by atoms with van der Waals surface area (Å²) < 4.78 is 24.4. The van der Waals surface area contributed by atoms with Crippen LogP contribution in [0.5, 0.6) is 0 Å². The number of fused-ring (bicyclic) bond motifs is 1. The highest BCUT2D eigenvalue weighted by Crippen LogP contribution is 2.30. The lowest BCUT2D eigenvalue weighted by Gasteiger charge is -2.13. The van der Waals surface area contributed by atoms with Crippen molar-refractivity contribution >= 4 is 33.0 Å². The number of nitro groups is 1. The van der Waals surface area contributed by atoms with Crippen molar-refractivity contribution in [2.45, 2.75) is 30.6 Å². The Morgan fingerprint density at radius 1 is 1.16 bits per heavy atom. The molecule has 0 atom stereocenters. The molecular weight excluding hydrogens is 366 g/mol. The number of rotatable bonds is 5. The number of amides is 1. The number of carbonyl (C=O) groups is 1. The fourth-order valence-corrected chi connectivity index (χ4v) is 4.64. The standard InChI is InChI=1S/C15H15N3O5S2/c19-15(13-9-24-14-4-2-1-3-12(13)14)16-17-25(22,23)11-7-5-10(6-8-11)18(20)21/h5-9,17H,1-4H2,(H,16,19). The number of aryl methyl sites for hydroxylation is 1. The molecule has 132 valence electrons. The van der Waals surface area contributed by atoms with E-state index in [0.29, 0.717) is 5.56 Å². The molecule has 2 N–H and O–H groups in total. The fraction of sp³-hybridized carbons (Fsp3) is 0.267. The van der Waals surface area contributed by atoms with Crippen LogP contribution in [0.3, 0.4) is 0 Å². The predicted octanol–water partition coefficient (Wildman–Crippen LogP) is 2.16. The molecular formula is C15H15N3O5S2. The zero-order valence-corrected chi connectivity index (χ0v) is 14.7. The number of hydrazine groups is 1. The van der Waals surface area contributed by atoms with Crippen LogP contribution in [0.2, 0.25) is 0 Å². The third-order valence-electron chi connectivity index (χ3n) is 3.96. The number of benzene rings is 1. The van der Waals surface area contributed by atoms with Crippen molar-refractivity contribution in [3.8, 4) is 0 Å². The van der Waals surface area contributed by atoms with Gasteiger partial charge in [-0.05, 0) is 43.4 Å². The summed E-state index contributed by atoms with van der Waals surface area (Å²) in [7, 11) is -4.01. The van der Waals surface area contributed by atoms with Crippen molar-refractivity contribution in [2.24, 2.45) is 0 Å². The number of hydrogen-bond donors (Lipinski definition) is 2. The van der Waals surface area contributed by atoms with Crippen LogP contribution in [-0.2, 0) is 22.9 Å². The quantitative estimate of drug-likeness (QED) is 0.608. The molecule has 2 aromatic rings. The molecule has 1 amide bonds. The molecule has 8 nitrogen and oxygen atoms in total. The largest absolute Gasteiger partial charge is 0.273 e. The van der Waals surface area contributed by atoms with Crippen molar-refractivity contribution in [3.63, 3.8) is 0 Å². The number of nitrogens with one attached hydrogen (secondary N) is 2.